The lowest BCUT2D eigenvalue weighted by molar-refractivity contribution is -0.585. The number of aryl methyl sites for hydroxylation is 1. The molecule has 2 nitrogen and oxygen atoms in total. The number of para-hydroxylation sites is 1. The van der Waals surface area contributed by atoms with E-state index in [9.17, 15) is 5.21 Å². The van der Waals surface area contributed by atoms with Gasteiger partial charge in [-0.05, 0) is 25.0 Å². The molecule has 0 saturated heterocycles. The van der Waals surface area contributed by atoms with E-state index in [-0.39, 0.29) is 0 Å². The summed E-state index contributed by atoms with van der Waals surface area (Å²) in [5.74, 6) is 0. The third-order valence-electron chi connectivity index (χ3n) is 2.96. The van der Waals surface area contributed by atoms with Crippen LogP contribution in [0.1, 0.15) is 17.7 Å². The van der Waals surface area contributed by atoms with Crippen molar-refractivity contribution >= 4 is 10.9 Å². The van der Waals surface area contributed by atoms with E-state index in [0.29, 0.717) is 0 Å². The second-order valence-corrected chi connectivity index (χ2v) is 3.82. The summed E-state index contributed by atoms with van der Waals surface area (Å²) in [6.07, 6.45) is 3.11. The van der Waals surface area contributed by atoms with Gasteiger partial charge in [0.2, 0.25) is 5.52 Å². The minimum absolute atomic E-state index is 0.799. The van der Waals surface area contributed by atoms with Crippen LogP contribution in [0.4, 0.5) is 0 Å². The second-order valence-electron chi connectivity index (χ2n) is 3.82. The average molecular weight is 185 g/mol. The van der Waals surface area contributed by atoms with Gasteiger partial charge in [-0.1, -0.05) is 12.1 Å². The predicted molar refractivity (Wildman–Crippen MR) is 54.9 cm³/mol. The summed E-state index contributed by atoms with van der Waals surface area (Å²) in [5, 5.41) is 13.0. The molecular weight excluding hydrogens is 174 g/mol. The van der Waals surface area contributed by atoms with E-state index in [1.54, 1.807) is 0 Å². The van der Waals surface area contributed by atoms with Gasteiger partial charge in [0.25, 0.3) is 0 Å². The summed E-state index contributed by atoms with van der Waals surface area (Å²) in [7, 11) is 0. The Morgan fingerprint density at radius 3 is 2.93 bits per heavy atom. The van der Waals surface area contributed by atoms with Crippen LogP contribution >= 0.6 is 0 Å². The van der Waals surface area contributed by atoms with Gasteiger partial charge in [-0.2, -0.15) is 4.73 Å². The normalized spacial score (nSPS) is 14.6. The fourth-order valence-corrected chi connectivity index (χ4v) is 2.27. The monoisotopic (exact) mass is 185 g/mol. The van der Waals surface area contributed by atoms with Gasteiger partial charge in [-0.15, -0.1) is 0 Å². The second kappa shape index (κ2) is 2.71. The number of hydrogen-bond donors (Lipinski definition) is 0. The van der Waals surface area contributed by atoms with E-state index in [1.807, 2.05) is 24.3 Å². The van der Waals surface area contributed by atoms with Crippen LogP contribution in [0.25, 0.3) is 10.9 Å². The maximum atomic E-state index is 11.9. The van der Waals surface area contributed by atoms with Gasteiger partial charge in [-0.3, -0.25) is 0 Å². The van der Waals surface area contributed by atoms with Gasteiger partial charge in [-0.25, -0.2) is 0 Å². The van der Waals surface area contributed by atoms with E-state index < -0.39 is 0 Å². The molecule has 1 aliphatic rings. The smallest absolute Gasteiger partial charge is 0.223 e. The zero-order valence-electron chi connectivity index (χ0n) is 7.86. The first-order chi connectivity index (χ1) is 6.86. The third kappa shape index (κ3) is 0.939. The number of nitrogens with zero attached hydrogens (tertiary/aromatic N) is 1. The van der Waals surface area contributed by atoms with Gasteiger partial charge >= 0.3 is 0 Å². The lowest BCUT2D eigenvalue weighted by Gasteiger charge is -2.06. The highest BCUT2D eigenvalue weighted by atomic mass is 16.5. The predicted octanol–water partition coefficient (Wildman–Crippen LogP) is 1.96. The molecule has 0 radical (unpaired) electrons. The minimum Gasteiger partial charge on any atom is -0.618 e. The molecule has 0 fully saturated rings. The van der Waals surface area contributed by atoms with E-state index >= 15 is 0 Å². The molecule has 3 rings (SSSR count). The Labute approximate surface area is 82.4 Å². The van der Waals surface area contributed by atoms with Crippen LogP contribution in [0.15, 0.2) is 30.3 Å². The van der Waals surface area contributed by atoms with Crippen LogP contribution in [0.3, 0.4) is 0 Å². The van der Waals surface area contributed by atoms with Crippen molar-refractivity contribution < 1.29 is 4.73 Å². The Bertz CT molecular complexity index is 505. The Kier molecular flexibility index (Phi) is 1.51. The zero-order chi connectivity index (χ0) is 9.54. The molecule has 1 heterocycles. The highest BCUT2D eigenvalue weighted by molar-refractivity contribution is 5.76. The SMILES string of the molecule is [O-][n+]1c2c(cc3ccccc31)CCC2. The molecule has 0 aliphatic heterocycles. The first-order valence-electron chi connectivity index (χ1n) is 4.99. The Morgan fingerprint density at radius 1 is 1.14 bits per heavy atom. The van der Waals surface area contributed by atoms with E-state index in [4.69, 9.17) is 0 Å². The molecule has 0 amide bonds. The summed E-state index contributed by atoms with van der Waals surface area (Å²) in [6.45, 7) is 0. The quantitative estimate of drug-likeness (QED) is 0.455. The summed E-state index contributed by atoms with van der Waals surface area (Å²) in [4.78, 5) is 0. The first kappa shape index (κ1) is 7.80. The molecule has 2 heteroatoms. The minimum atomic E-state index is 0.799. The summed E-state index contributed by atoms with van der Waals surface area (Å²) in [5.41, 5.74) is 3.01. The number of pyridine rings is 1. The number of aromatic nitrogens is 1. The van der Waals surface area contributed by atoms with E-state index in [0.717, 1.165) is 40.6 Å². The highest BCUT2D eigenvalue weighted by Gasteiger charge is 2.21. The lowest BCUT2D eigenvalue weighted by Crippen LogP contribution is -2.32. The number of hydrogen-bond acceptors (Lipinski definition) is 1. The zero-order valence-corrected chi connectivity index (χ0v) is 7.86. The Balaban J connectivity index is 2.44. The van der Waals surface area contributed by atoms with Gasteiger partial charge < -0.3 is 5.21 Å². The molecule has 2 aromatic rings. The fourth-order valence-electron chi connectivity index (χ4n) is 2.27. The van der Waals surface area contributed by atoms with Crippen molar-refractivity contribution in [2.45, 2.75) is 19.3 Å². The molecule has 0 unspecified atom stereocenters. The van der Waals surface area contributed by atoms with Crippen molar-refractivity contribution in [1.29, 1.82) is 0 Å². The van der Waals surface area contributed by atoms with Crippen molar-refractivity contribution in [1.82, 2.24) is 0 Å². The van der Waals surface area contributed by atoms with Crippen LogP contribution in [0.2, 0.25) is 0 Å². The summed E-state index contributed by atoms with van der Waals surface area (Å²) in [6, 6.07) is 9.94. The van der Waals surface area contributed by atoms with Crippen molar-refractivity contribution in [2.24, 2.45) is 0 Å². The number of benzene rings is 1. The largest absolute Gasteiger partial charge is 0.618 e. The maximum absolute atomic E-state index is 11.9. The maximum Gasteiger partial charge on any atom is 0.223 e. The van der Waals surface area contributed by atoms with Crippen molar-refractivity contribution in [3.05, 3.63) is 46.8 Å². The van der Waals surface area contributed by atoms with Crippen LogP contribution in [-0.4, -0.2) is 0 Å². The molecule has 14 heavy (non-hydrogen) atoms. The number of fused-ring (bicyclic) bond motifs is 2. The molecule has 0 spiro atoms. The highest BCUT2D eigenvalue weighted by Crippen LogP contribution is 2.22. The topological polar surface area (TPSA) is 26.9 Å². The molecule has 0 saturated carbocycles. The van der Waals surface area contributed by atoms with Crippen LogP contribution in [0, 0.1) is 5.21 Å². The molecule has 1 aromatic heterocycles. The van der Waals surface area contributed by atoms with Crippen LogP contribution < -0.4 is 4.73 Å². The van der Waals surface area contributed by atoms with E-state index in [1.165, 1.54) is 5.56 Å². The third-order valence-corrected chi connectivity index (χ3v) is 2.96. The summed E-state index contributed by atoms with van der Waals surface area (Å²) >= 11 is 0. The molecule has 0 N–H and O–H groups in total. The molecular formula is C12H11NO. The molecule has 0 bridgehead atoms. The van der Waals surface area contributed by atoms with Crippen LogP contribution in [0.5, 0.6) is 0 Å². The lowest BCUT2D eigenvalue weighted by atomic mass is 10.1. The number of rotatable bonds is 0. The van der Waals surface area contributed by atoms with Gasteiger partial charge in [0.05, 0.1) is 0 Å². The molecule has 0 atom stereocenters. The Hall–Kier alpha value is -1.57. The fraction of sp³-hybridized carbons (Fsp3) is 0.250. The molecule has 70 valence electrons. The molecule has 1 aliphatic carbocycles. The average Bonchev–Trinajstić information content (AvgIpc) is 2.66. The van der Waals surface area contributed by atoms with Crippen molar-refractivity contribution in [3.63, 3.8) is 0 Å². The van der Waals surface area contributed by atoms with E-state index in [2.05, 4.69) is 6.07 Å². The van der Waals surface area contributed by atoms with Gasteiger partial charge in [0, 0.05) is 23.4 Å². The standard InChI is InChI=1S/C12H11NO/c14-13-11-6-2-1-4-9(11)8-10-5-3-7-12(10)13/h1-2,4,6,8H,3,5,7H2. The van der Waals surface area contributed by atoms with Crippen molar-refractivity contribution in [2.75, 3.05) is 0 Å². The van der Waals surface area contributed by atoms with Crippen molar-refractivity contribution in [3.8, 4) is 0 Å². The summed E-state index contributed by atoms with van der Waals surface area (Å²) < 4.78 is 1.11. The van der Waals surface area contributed by atoms with Gasteiger partial charge in [0.1, 0.15) is 0 Å². The Morgan fingerprint density at radius 2 is 2.00 bits per heavy atom. The molecule has 1 aromatic carbocycles. The van der Waals surface area contributed by atoms with Crippen LogP contribution in [-0.2, 0) is 12.8 Å². The van der Waals surface area contributed by atoms with Gasteiger partial charge in [0.15, 0.2) is 5.69 Å². The first-order valence-corrected chi connectivity index (χ1v) is 4.99.